The number of rotatable bonds is 2. The van der Waals surface area contributed by atoms with Crippen LogP contribution < -0.4 is 0 Å². The highest BCUT2D eigenvalue weighted by molar-refractivity contribution is 9.11. The summed E-state index contributed by atoms with van der Waals surface area (Å²) in [5.74, 6) is -0.645. The Morgan fingerprint density at radius 3 is 3.00 bits per heavy atom. The van der Waals surface area contributed by atoms with Crippen molar-refractivity contribution >= 4 is 28.0 Å². The van der Waals surface area contributed by atoms with E-state index in [-0.39, 0.29) is 5.56 Å². The van der Waals surface area contributed by atoms with Crippen LogP contribution in [0, 0.1) is 0 Å². The van der Waals surface area contributed by atoms with Gasteiger partial charge in [-0.1, -0.05) is 15.9 Å². The minimum Gasteiger partial charge on any atom is -0.478 e. The zero-order valence-electron chi connectivity index (χ0n) is 5.45. The van der Waals surface area contributed by atoms with Gasteiger partial charge in [0.05, 0.1) is 6.26 Å². The maximum absolute atomic E-state index is 10.4. The minimum atomic E-state index is -0.987. The number of halogens is 1. The molecule has 0 radical (unpaired) electrons. The Balaban J connectivity index is 3.05. The summed E-state index contributed by atoms with van der Waals surface area (Å²) >= 11 is 3.02. The second kappa shape index (κ2) is 3.39. The van der Waals surface area contributed by atoms with Crippen LogP contribution in [0.2, 0.25) is 0 Å². The number of aromatic carboxylic acids is 1. The second-order valence-corrected chi connectivity index (χ2v) is 2.32. The van der Waals surface area contributed by atoms with E-state index in [0.717, 1.165) is 0 Å². The van der Waals surface area contributed by atoms with Gasteiger partial charge in [0.25, 0.3) is 0 Å². The fourth-order valence-corrected chi connectivity index (χ4v) is 0.924. The molecule has 0 bridgehead atoms. The number of carboxylic acids is 1. The van der Waals surface area contributed by atoms with Crippen molar-refractivity contribution in [1.82, 2.24) is 0 Å². The lowest BCUT2D eigenvalue weighted by Crippen LogP contribution is -1.94. The van der Waals surface area contributed by atoms with E-state index >= 15 is 0 Å². The third-order valence-corrected chi connectivity index (χ3v) is 1.40. The molecule has 0 aliphatic heterocycles. The summed E-state index contributed by atoms with van der Waals surface area (Å²) < 4.78 is 4.87. The Bertz CT molecular complexity index is 288. The van der Waals surface area contributed by atoms with Crippen LogP contribution >= 0.6 is 15.9 Å². The molecule has 1 aromatic rings. The topological polar surface area (TPSA) is 50.4 Å². The summed E-state index contributed by atoms with van der Waals surface area (Å²) in [6.45, 7) is 0. The number of carboxylic acid groups (broad SMARTS) is 1. The van der Waals surface area contributed by atoms with Crippen LogP contribution in [0.4, 0.5) is 0 Å². The first-order chi connectivity index (χ1) is 5.25. The van der Waals surface area contributed by atoms with Crippen molar-refractivity contribution in [2.45, 2.75) is 0 Å². The van der Waals surface area contributed by atoms with Crippen LogP contribution in [0.5, 0.6) is 0 Å². The predicted octanol–water partition coefficient (Wildman–Crippen LogP) is 2.34. The van der Waals surface area contributed by atoms with Crippen molar-refractivity contribution in [2.75, 3.05) is 0 Å². The molecule has 3 nitrogen and oxygen atoms in total. The molecule has 0 aromatic carbocycles. The number of hydrogen-bond acceptors (Lipinski definition) is 2. The van der Waals surface area contributed by atoms with Crippen LogP contribution in [0.15, 0.2) is 21.7 Å². The summed E-state index contributed by atoms with van der Waals surface area (Å²) in [7, 11) is 0. The first kappa shape index (κ1) is 8.07. The van der Waals surface area contributed by atoms with Crippen LogP contribution in [0.1, 0.15) is 16.1 Å². The highest BCUT2D eigenvalue weighted by Crippen LogP contribution is 2.12. The van der Waals surface area contributed by atoms with Gasteiger partial charge in [0.1, 0.15) is 11.3 Å². The molecular weight excluding hydrogens is 212 g/mol. The minimum absolute atomic E-state index is 0.167. The van der Waals surface area contributed by atoms with Gasteiger partial charge in [-0.2, -0.15) is 0 Å². The molecule has 0 atom stereocenters. The average molecular weight is 217 g/mol. The number of furan rings is 1. The van der Waals surface area contributed by atoms with Gasteiger partial charge in [0.2, 0.25) is 0 Å². The molecule has 4 heteroatoms. The normalized spacial score (nSPS) is 10.6. The number of hydrogen-bond donors (Lipinski definition) is 1. The van der Waals surface area contributed by atoms with Crippen LogP contribution in [-0.2, 0) is 0 Å². The van der Waals surface area contributed by atoms with Gasteiger partial charge in [-0.05, 0) is 17.1 Å². The van der Waals surface area contributed by atoms with E-state index in [1.54, 1.807) is 0 Å². The van der Waals surface area contributed by atoms with E-state index in [1.165, 1.54) is 23.4 Å². The van der Waals surface area contributed by atoms with Crippen molar-refractivity contribution in [2.24, 2.45) is 0 Å². The average Bonchev–Trinajstić information content (AvgIpc) is 2.36. The second-order valence-electron chi connectivity index (χ2n) is 1.80. The SMILES string of the molecule is O=C(O)c1ccoc1/C=C/Br. The molecule has 58 valence electrons. The molecule has 1 rings (SSSR count). The zero-order chi connectivity index (χ0) is 8.27. The van der Waals surface area contributed by atoms with Gasteiger partial charge in [-0.25, -0.2) is 4.79 Å². The monoisotopic (exact) mass is 216 g/mol. The molecule has 0 fully saturated rings. The molecule has 0 aliphatic carbocycles. The van der Waals surface area contributed by atoms with E-state index in [4.69, 9.17) is 9.52 Å². The summed E-state index contributed by atoms with van der Waals surface area (Å²) in [6.07, 6.45) is 2.87. The van der Waals surface area contributed by atoms with Gasteiger partial charge >= 0.3 is 5.97 Å². The Morgan fingerprint density at radius 2 is 2.45 bits per heavy atom. The molecule has 0 saturated heterocycles. The Morgan fingerprint density at radius 1 is 1.73 bits per heavy atom. The lowest BCUT2D eigenvalue weighted by atomic mass is 10.2. The van der Waals surface area contributed by atoms with E-state index in [9.17, 15) is 4.79 Å². The first-order valence-corrected chi connectivity index (χ1v) is 3.75. The van der Waals surface area contributed by atoms with E-state index < -0.39 is 5.97 Å². The molecule has 0 aliphatic rings. The standard InChI is InChI=1S/C7H5BrO3/c8-3-1-6-5(7(9)10)2-4-11-6/h1-4H,(H,9,10)/b3-1+. The molecule has 0 saturated carbocycles. The molecule has 1 heterocycles. The van der Waals surface area contributed by atoms with Crippen molar-refractivity contribution < 1.29 is 14.3 Å². The van der Waals surface area contributed by atoms with Crippen molar-refractivity contribution in [3.05, 3.63) is 28.6 Å². The molecular formula is C7H5BrO3. The first-order valence-electron chi connectivity index (χ1n) is 2.83. The van der Waals surface area contributed by atoms with E-state index in [1.807, 2.05) is 0 Å². The van der Waals surface area contributed by atoms with E-state index in [2.05, 4.69) is 15.9 Å². The smallest absolute Gasteiger partial charge is 0.339 e. The molecule has 11 heavy (non-hydrogen) atoms. The molecule has 0 spiro atoms. The molecule has 1 aromatic heterocycles. The third-order valence-electron chi connectivity index (χ3n) is 1.14. The maximum Gasteiger partial charge on any atom is 0.339 e. The van der Waals surface area contributed by atoms with Gasteiger partial charge in [-0.3, -0.25) is 0 Å². The van der Waals surface area contributed by atoms with Crippen LogP contribution in [-0.4, -0.2) is 11.1 Å². The van der Waals surface area contributed by atoms with Gasteiger partial charge < -0.3 is 9.52 Å². The quantitative estimate of drug-likeness (QED) is 0.826. The molecule has 1 N–H and O–H groups in total. The molecule has 0 unspecified atom stereocenters. The highest BCUT2D eigenvalue weighted by Gasteiger charge is 2.09. The molecule has 0 amide bonds. The van der Waals surface area contributed by atoms with Crippen LogP contribution in [0.25, 0.3) is 6.08 Å². The van der Waals surface area contributed by atoms with Gasteiger partial charge in [-0.15, -0.1) is 0 Å². The maximum atomic E-state index is 10.4. The Kier molecular flexibility index (Phi) is 2.48. The van der Waals surface area contributed by atoms with E-state index in [0.29, 0.717) is 5.76 Å². The Labute approximate surface area is 71.5 Å². The van der Waals surface area contributed by atoms with Crippen molar-refractivity contribution in [3.63, 3.8) is 0 Å². The summed E-state index contributed by atoms with van der Waals surface area (Å²) in [6, 6.07) is 1.41. The van der Waals surface area contributed by atoms with Crippen molar-refractivity contribution in [1.29, 1.82) is 0 Å². The lowest BCUT2D eigenvalue weighted by molar-refractivity contribution is 0.0696. The lowest BCUT2D eigenvalue weighted by Gasteiger charge is -1.87. The summed E-state index contributed by atoms with van der Waals surface area (Å²) in [5.41, 5.74) is 0.167. The van der Waals surface area contributed by atoms with Gasteiger partial charge in [0, 0.05) is 0 Å². The zero-order valence-corrected chi connectivity index (χ0v) is 7.04. The van der Waals surface area contributed by atoms with Crippen molar-refractivity contribution in [3.8, 4) is 0 Å². The summed E-state index contributed by atoms with van der Waals surface area (Å²) in [5, 5.41) is 8.57. The highest BCUT2D eigenvalue weighted by atomic mass is 79.9. The van der Waals surface area contributed by atoms with Crippen LogP contribution in [0.3, 0.4) is 0 Å². The van der Waals surface area contributed by atoms with Gasteiger partial charge in [0.15, 0.2) is 0 Å². The Hall–Kier alpha value is -1.03. The fraction of sp³-hybridized carbons (Fsp3) is 0. The third kappa shape index (κ3) is 1.71. The number of carbonyl (C=O) groups is 1. The largest absolute Gasteiger partial charge is 0.478 e. The predicted molar refractivity (Wildman–Crippen MR) is 43.6 cm³/mol. The fourth-order valence-electron chi connectivity index (χ4n) is 0.684. The summed E-state index contributed by atoms with van der Waals surface area (Å²) in [4.78, 5) is 12.0.